The van der Waals surface area contributed by atoms with Gasteiger partial charge in [-0.1, -0.05) is 20.8 Å². The van der Waals surface area contributed by atoms with Gasteiger partial charge >= 0.3 is 0 Å². The molecule has 1 heterocycles. The minimum absolute atomic E-state index is 0.0637. The first-order chi connectivity index (χ1) is 5.93. The van der Waals surface area contributed by atoms with Crippen LogP contribution in [-0.2, 0) is 0 Å². The van der Waals surface area contributed by atoms with Gasteiger partial charge in [0.15, 0.2) is 0 Å². The van der Waals surface area contributed by atoms with Crippen molar-refractivity contribution in [1.29, 1.82) is 0 Å². The van der Waals surface area contributed by atoms with Crippen molar-refractivity contribution in [1.82, 2.24) is 4.90 Å². The van der Waals surface area contributed by atoms with E-state index in [1.54, 1.807) is 6.92 Å². The Labute approximate surface area is 80.1 Å². The second-order valence-corrected chi connectivity index (χ2v) is 3.69. The lowest BCUT2D eigenvalue weighted by molar-refractivity contribution is -0.0224. The van der Waals surface area contributed by atoms with Crippen molar-refractivity contribution in [3.8, 4) is 0 Å². The molecule has 1 aliphatic rings. The highest BCUT2D eigenvalue weighted by atomic mass is 19.3. The van der Waals surface area contributed by atoms with Gasteiger partial charge in [-0.25, -0.2) is 8.78 Å². The van der Waals surface area contributed by atoms with Crippen molar-refractivity contribution in [3.05, 3.63) is 0 Å². The summed E-state index contributed by atoms with van der Waals surface area (Å²) in [5.74, 6) is -2.95. The molecule has 0 bridgehead atoms. The highest BCUT2D eigenvalue weighted by molar-refractivity contribution is 4.88. The van der Waals surface area contributed by atoms with Gasteiger partial charge in [-0.3, -0.25) is 4.90 Å². The monoisotopic (exact) mass is 193 g/mol. The zero-order valence-electron chi connectivity index (χ0n) is 9.27. The first kappa shape index (κ1) is 12.8. The first-order valence-corrected chi connectivity index (χ1v) is 5.05. The molecule has 0 saturated carbocycles. The summed E-state index contributed by atoms with van der Waals surface area (Å²) < 4.78 is 25.8. The van der Waals surface area contributed by atoms with E-state index in [1.165, 1.54) is 0 Å². The number of nitrogens with zero attached hydrogens (tertiary/aromatic N) is 1. The molecule has 0 radical (unpaired) electrons. The number of likely N-dealkylation sites (tertiary alicyclic amines) is 1. The van der Waals surface area contributed by atoms with Crippen molar-refractivity contribution in [3.63, 3.8) is 0 Å². The number of alkyl halides is 2. The number of hydrogen-bond donors (Lipinski definition) is 0. The predicted octanol–water partition coefficient (Wildman–Crippen LogP) is 3.01. The maximum atomic E-state index is 12.9. The second-order valence-electron chi connectivity index (χ2n) is 3.69. The van der Waals surface area contributed by atoms with Gasteiger partial charge < -0.3 is 0 Å². The smallest absolute Gasteiger partial charge is 0.264 e. The van der Waals surface area contributed by atoms with Crippen LogP contribution in [0.5, 0.6) is 0 Å². The van der Waals surface area contributed by atoms with E-state index in [4.69, 9.17) is 0 Å². The molecule has 13 heavy (non-hydrogen) atoms. The highest BCUT2D eigenvalue weighted by Crippen LogP contribution is 2.33. The van der Waals surface area contributed by atoms with Crippen LogP contribution in [0, 0.1) is 5.92 Å². The van der Waals surface area contributed by atoms with Gasteiger partial charge in [0, 0.05) is 18.5 Å². The van der Waals surface area contributed by atoms with E-state index in [-0.39, 0.29) is 12.6 Å². The van der Waals surface area contributed by atoms with E-state index in [2.05, 4.69) is 0 Å². The van der Waals surface area contributed by atoms with Crippen LogP contribution < -0.4 is 0 Å². The molecule has 1 fully saturated rings. The Bertz CT molecular complexity index is 146. The number of rotatable bonds is 1. The van der Waals surface area contributed by atoms with E-state index in [1.807, 2.05) is 32.6 Å². The van der Waals surface area contributed by atoms with Crippen molar-refractivity contribution in [2.75, 3.05) is 13.1 Å². The molecule has 0 spiro atoms. The van der Waals surface area contributed by atoms with Crippen molar-refractivity contribution < 1.29 is 8.78 Å². The highest BCUT2D eigenvalue weighted by Gasteiger charge is 2.45. The topological polar surface area (TPSA) is 3.24 Å². The Morgan fingerprint density at radius 1 is 1.31 bits per heavy atom. The van der Waals surface area contributed by atoms with Gasteiger partial charge in [0.05, 0.1) is 6.54 Å². The van der Waals surface area contributed by atoms with Crippen LogP contribution in [0.15, 0.2) is 0 Å². The van der Waals surface area contributed by atoms with Gasteiger partial charge in [0.25, 0.3) is 5.92 Å². The normalized spacial score (nSPS) is 27.2. The first-order valence-electron chi connectivity index (χ1n) is 5.05. The summed E-state index contributed by atoms with van der Waals surface area (Å²) in [7, 11) is 0. The zero-order chi connectivity index (χ0) is 10.6. The van der Waals surface area contributed by atoms with Gasteiger partial charge in [-0.05, 0) is 13.8 Å². The van der Waals surface area contributed by atoms with Crippen LogP contribution in [-0.4, -0.2) is 30.0 Å². The lowest BCUT2D eigenvalue weighted by Gasteiger charge is -2.19. The summed E-state index contributed by atoms with van der Waals surface area (Å²) in [6.45, 7) is 9.99. The zero-order valence-corrected chi connectivity index (χ0v) is 9.27. The molecule has 3 heteroatoms. The molecule has 0 amide bonds. The standard InChI is InChI=1S/C8H15F2N.C2H6/c1-6(2)11-4-7(3)8(9,10)5-11;1-2/h6-7H,4-5H2,1-3H3;1-2H3. The number of halogens is 2. The SMILES string of the molecule is CC.CC(C)N1CC(C)C(F)(F)C1. The Balaban J connectivity index is 0.000000671. The molecule has 1 aliphatic heterocycles. The fraction of sp³-hybridized carbons (Fsp3) is 1.00. The maximum Gasteiger partial charge on any atom is 0.264 e. The fourth-order valence-electron chi connectivity index (χ4n) is 1.37. The minimum atomic E-state index is -2.47. The summed E-state index contributed by atoms with van der Waals surface area (Å²) in [4.78, 5) is 1.82. The molecule has 1 unspecified atom stereocenters. The molecule has 0 aromatic heterocycles. The third-order valence-corrected chi connectivity index (χ3v) is 2.37. The maximum absolute atomic E-state index is 12.9. The molecule has 0 aromatic rings. The third-order valence-electron chi connectivity index (χ3n) is 2.37. The molecule has 0 aliphatic carbocycles. The summed E-state index contributed by atoms with van der Waals surface area (Å²) in [5, 5.41) is 0. The van der Waals surface area contributed by atoms with E-state index < -0.39 is 11.8 Å². The Kier molecular flexibility index (Phi) is 4.82. The predicted molar refractivity (Wildman–Crippen MR) is 52.2 cm³/mol. The van der Waals surface area contributed by atoms with Crippen LogP contribution in [0.3, 0.4) is 0 Å². The van der Waals surface area contributed by atoms with Gasteiger partial charge in [-0.2, -0.15) is 0 Å². The lowest BCUT2D eigenvalue weighted by Crippen LogP contribution is -2.31. The van der Waals surface area contributed by atoms with E-state index in [0.717, 1.165) is 0 Å². The molecule has 80 valence electrons. The molecule has 0 N–H and O–H groups in total. The van der Waals surface area contributed by atoms with E-state index in [0.29, 0.717) is 6.54 Å². The van der Waals surface area contributed by atoms with Crippen LogP contribution >= 0.6 is 0 Å². The Morgan fingerprint density at radius 3 is 1.92 bits per heavy atom. The summed E-state index contributed by atoms with van der Waals surface area (Å²) >= 11 is 0. The molecule has 1 atom stereocenters. The second kappa shape index (κ2) is 4.89. The minimum Gasteiger partial charge on any atom is -0.295 e. The summed E-state index contributed by atoms with van der Waals surface area (Å²) in [6, 6.07) is 0.242. The molecular formula is C10H21F2N. The van der Waals surface area contributed by atoms with Crippen molar-refractivity contribution >= 4 is 0 Å². The Hall–Kier alpha value is -0.180. The largest absolute Gasteiger partial charge is 0.295 e. The van der Waals surface area contributed by atoms with Crippen LogP contribution in [0.2, 0.25) is 0 Å². The quantitative estimate of drug-likeness (QED) is 0.618. The van der Waals surface area contributed by atoms with Crippen molar-refractivity contribution in [2.45, 2.75) is 46.6 Å². The number of hydrogen-bond acceptors (Lipinski definition) is 1. The molecule has 1 nitrogen and oxygen atoms in total. The summed E-state index contributed by atoms with van der Waals surface area (Å²) in [5.41, 5.74) is 0. The Morgan fingerprint density at radius 2 is 1.77 bits per heavy atom. The molecule has 1 saturated heterocycles. The van der Waals surface area contributed by atoms with Gasteiger partial charge in [0.1, 0.15) is 0 Å². The molecular weight excluding hydrogens is 172 g/mol. The van der Waals surface area contributed by atoms with E-state index in [9.17, 15) is 8.78 Å². The van der Waals surface area contributed by atoms with Crippen LogP contribution in [0.1, 0.15) is 34.6 Å². The molecule has 1 rings (SSSR count). The van der Waals surface area contributed by atoms with Gasteiger partial charge in [0.2, 0.25) is 0 Å². The fourth-order valence-corrected chi connectivity index (χ4v) is 1.37. The molecule has 0 aromatic carbocycles. The van der Waals surface area contributed by atoms with Crippen molar-refractivity contribution in [2.24, 2.45) is 5.92 Å². The summed E-state index contributed by atoms with van der Waals surface area (Å²) in [6.07, 6.45) is 0. The lowest BCUT2D eigenvalue weighted by atomic mass is 10.1. The van der Waals surface area contributed by atoms with Crippen LogP contribution in [0.25, 0.3) is 0 Å². The average molecular weight is 193 g/mol. The van der Waals surface area contributed by atoms with E-state index >= 15 is 0 Å². The van der Waals surface area contributed by atoms with Crippen LogP contribution in [0.4, 0.5) is 8.78 Å². The third kappa shape index (κ3) is 3.22. The van der Waals surface area contributed by atoms with Gasteiger partial charge in [-0.15, -0.1) is 0 Å². The average Bonchev–Trinajstić information content (AvgIpc) is 2.31.